The van der Waals surface area contributed by atoms with E-state index in [1.165, 1.54) is 12.1 Å². The predicted molar refractivity (Wildman–Crippen MR) is 71.3 cm³/mol. The number of amides is 1. The molecular formula is C13H15N5O. The van der Waals surface area contributed by atoms with E-state index in [2.05, 4.69) is 5.10 Å². The Morgan fingerprint density at radius 1 is 1.32 bits per heavy atom. The third-order valence-corrected chi connectivity index (χ3v) is 3.15. The van der Waals surface area contributed by atoms with Crippen molar-refractivity contribution in [1.82, 2.24) is 14.8 Å². The Balaban J connectivity index is 2.32. The lowest BCUT2D eigenvalue weighted by atomic mass is 10.1. The number of rotatable bonds is 1. The molecule has 0 saturated carbocycles. The molecule has 0 spiro atoms. The summed E-state index contributed by atoms with van der Waals surface area (Å²) >= 11 is 0. The van der Waals surface area contributed by atoms with Crippen molar-refractivity contribution >= 4 is 11.6 Å². The van der Waals surface area contributed by atoms with Gasteiger partial charge in [-0.15, -0.1) is 0 Å². The van der Waals surface area contributed by atoms with Crippen LogP contribution in [-0.4, -0.2) is 47.6 Å². The molecule has 0 unspecified atom stereocenters. The summed E-state index contributed by atoms with van der Waals surface area (Å²) in [6, 6.07) is 1.93. The summed E-state index contributed by atoms with van der Waals surface area (Å²) < 4.78 is 0. The number of hydrazone groups is 1. The van der Waals surface area contributed by atoms with Crippen molar-refractivity contribution in [3.05, 3.63) is 35.4 Å². The molecule has 98 valence electrons. The largest absolute Gasteiger partial charge is 0.336 e. The summed E-state index contributed by atoms with van der Waals surface area (Å²) in [4.78, 5) is 15.8. The van der Waals surface area contributed by atoms with E-state index in [0.29, 0.717) is 5.57 Å². The van der Waals surface area contributed by atoms with Gasteiger partial charge in [-0.25, -0.2) is 5.01 Å². The SMILES string of the molecule is CC1=CN(C)/C(=C/C=C2/C(=O)N(C)N=C2C#N)N1C. The van der Waals surface area contributed by atoms with Gasteiger partial charge < -0.3 is 9.80 Å². The zero-order valence-corrected chi connectivity index (χ0v) is 11.4. The number of nitriles is 1. The van der Waals surface area contributed by atoms with Crippen molar-refractivity contribution in [3.8, 4) is 6.07 Å². The van der Waals surface area contributed by atoms with Crippen molar-refractivity contribution in [3.63, 3.8) is 0 Å². The number of hydrogen-bond donors (Lipinski definition) is 0. The molecule has 2 aliphatic rings. The fourth-order valence-electron chi connectivity index (χ4n) is 2.00. The van der Waals surface area contributed by atoms with E-state index in [1.54, 1.807) is 6.08 Å². The van der Waals surface area contributed by atoms with Crippen LogP contribution in [0, 0.1) is 11.3 Å². The van der Waals surface area contributed by atoms with Crippen molar-refractivity contribution in [2.45, 2.75) is 6.92 Å². The lowest BCUT2D eigenvalue weighted by Gasteiger charge is -2.18. The molecule has 0 radical (unpaired) electrons. The highest BCUT2D eigenvalue weighted by Gasteiger charge is 2.27. The Hall–Kier alpha value is -2.55. The van der Waals surface area contributed by atoms with Crippen LogP contribution >= 0.6 is 0 Å². The normalized spacial score (nSPS) is 23.3. The minimum atomic E-state index is -0.263. The van der Waals surface area contributed by atoms with Gasteiger partial charge >= 0.3 is 0 Å². The third kappa shape index (κ3) is 2.10. The Labute approximate surface area is 112 Å². The summed E-state index contributed by atoms with van der Waals surface area (Å²) in [5.74, 6) is 0.672. The van der Waals surface area contributed by atoms with Gasteiger partial charge in [-0.1, -0.05) is 0 Å². The van der Waals surface area contributed by atoms with Gasteiger partial charge in [0.15, 0.2) is 5.71 Å². The first-order valence-corrected chi connectivity index (χ1v) is 5.79. The first kappa shape index (κ1) is 12.9. The summed E-state index contributed by atoms with van der Waals surface area (Å²) in [6.45, 7) is 2.00. The van der Waals surface area contributed by atoms with Crippen LogP contribution in [0.25, 0.3) is 0 Å². The molecule has 0 aliphatic carbocycles. The molecule has 6 heteroatoms. The summed E-state index contributed by atoms with van der Waals surface area (Å²) in [7, 11) is 5.41. The number of hydrogen-bond acceptors (Lipinski definition) is 5. The highest BCUT2D eigenvalue weighted by molar-refractivity contribution is 6.30. The van der Waals surface area contributed by atoms with Gasteiger partial charge in [-0.3, -0.25) is 4.79 Å². The second kappa shape index (κ2) is 4.61. The maximum atomic E-state index is 11.8. The van der Waals surface area contributed by atoms with Crippen LogP contribution in [0.1, 0.15) is 6.92 Å². The van der Waals surface area contributed by atoms with Crippen LogP contribution in [-0.2, 0) is 4.79 Å². The van der Waals surface area contributed by atoms with E-state index < -0.39 is 0 Å². The fraction of sp³-hybridized carbons (Fsp3) is 0.308. The van der Waals surface area contributed by atoms with Gasteiger partial charge in [-0.05, 0) is 19.1 Å². The topological polar surface area (TPSA) is 62.9 Å². The van der Waals surface area contributed by atoms with E-state index in [-0.39, 0.29) is 11.6 Å². The van der Waals surface area contributed by atoms with Crippen molar-refractivity contribution < 1.29 is 4.79 Å². The second-order valence-electron chi connectivity index (χ2n) is 4.43. The van der Waals surface area contributed by atoms with Crippen molar-refractivity contribution in [2.75, 3.05) is 21.1 Å². The van der Waals surface area contributed by atoms with E-state index >= 15 is 0 Å². The Kier molecular flexibility index (Phi) is 3.13. The quantitative estimate of drug-likeness (QED) is 0.653. The highest BCUT2D eigenvalue weighted by Crippen LogP contribution is 2.22. The molecule has 0 atom stereocenters. The second-order valence-corrected chi connectivity index (χ2v) is 4.43. The van der Waals surface area contributed by atoms with Gasteiger partial charge in [0, 0.05) is 33.0 Å². The number of allylic oxidation sites excluding steroid dienone is 3. The van der Waals surface area contributed by atoms with E-state index in [4.69, 9.17) is 5.26 Å². The molecule has 2 rings (SSSR count). The molecule has 0 aromatic heterocycles. The van der Waals surface area contributed by atoms with Crippen LogP contribution < -0.4 is 0 Å². The maximum Gasteiger partial charge on any atom is 0.276 e. The predicted octanol–water partition coefficient (Wildman–Crippen LogP) is 0.844. The van der Waals surface area contributed by atoms with Gasteiger partial charge in [0.1, 0.15) is 11.9 Å². The third-order valence-electron chi connectivity index (χ3n) is 3.15. The lowest BCUT2D eigenvalue weighted by Crippen LogP contribution is -2.18. The standard InChI is InChI=1S/C13H15N5O/c1-9-8-16(2)12(17(9)3)6-5-10-11(7-14)15-18(4)13(10)19/h5-6,8H,1-4H3/b10-5+,12-6-. The Bertz CT molecular complexity index is 591. The number of carbonyl (C=O) groups is 1. The monoisotopic (exact) mass is 257 g/mol. The molecule has 19 heavy (non-hydrogen) atoms. The molecule has 0 N–H and O–H groups in total. The minimum Gasteiger partial charge on any atom is -0.336 e. The van der Waals surface area contributed by atoms with Crippen LogP contribution in [0.2, 0.25) is 0 Å². The molecular weight excluding hydrogens is 242 g/mol. The maximum absolute atomic E-state index is 11.8. The molecule has 1 amide bonds. The lowest BCUT2D eigenvalue weighted by molar-refractivity contribution is -0.124. The average Bonchev–Trinajstić information content (AvgIpc) is 2.78. The average molecular weight is 257 g/mol. The molecule has 0 aromatic carbocycles. The van der Waals surface area contributed by atoms with Gasteiger partial charge in [0.05, 0.1) is 5.57 Å². The first-order valence-electron chi connectivity index (χ1n) is 5.79. The summed E-state index contributed by atoms with van der Waals surface area (Å²) in [5, 5.41) is 14.0. The fourth-order valence-corrected chi connectivity index (χ4v) is 2.00. The van der Waals surface area contributed by atoms with Crippen molar-refractivity contribution in [2.24, 2.45) is 5.10 Å². The summed E-state index contributed by atoms with van der Waals surface area (Å²) in [5.41, 5.74) is 1.58. The smallest absolute Gasteiger partial charge is 0.276 e. The zero-order chi connectivity index (χ0) is 14.2. The molecule has 2 aliphatic heterocycles. The number of nitrogens with zero attached hydrogens (tertiary/aromatic N) is 5. The molecule has 0 fully saturated rings. The zero-order valence-electron chi connectivity index (χ0n) is 11.4. The van der Waals surface area contributed by atoms with E-state index in [0.717, 1.165) is 11.5 Å². The van der Waals surface area contributed by atoms with Gasteiger partial charge in [-0.2, -0.15) is 10.4 Å². The van der Waals surface area contributed by atoms with Crippen LogP contribution in [0.15, 0.2) is 40.5 Å². The highest BCUT2D eigenvalue weighted by atomic mass is 16.2. The van der Waals surface area contributed by atoms with Gasteiger partial charge in [0.25, 0.3) is 5.91 Å². The molecule has 6 nitrogen and oxygen atoms in total. The minimum absolute atomic E-state index is 0.150. The Morgan fingerprint density at radius 2 is 2.00 bits per heavy atom. The van der Waals surface area contributed by atoms with E-state index in [9.17, 15) is 4.79 Å². The van der Waals surface area contributed by atoms with Crippen LogP contribution in [0.3, 0.4) is 0 Å². The number of likely N-dealkylation sites (N-methyl/N-ethyl adjacent to an activating group) is 1. The molecule has 0 saturated heterocycles. The Morgan fingerprint density at radius 3 is 2.53 bits per heavy atom. The first-order chi connectivity index (χ1) is 8.95. The van der Waals surface area contributed by atoms with Crippen LogP contribution in [0.4, 0.5) is 0 Å². The van der Waals surface area contributed by atoms with Crippen molar-refractivity contribution in [1.29, 1.82) is 5.26 Å². The molecule has 0 bridgehead atoms. The number of carbonyl (C=O) groups excluding carboxylic acids is 1. The molecule has 2 heterocycles. The van der Waals surface area contributed by atoms with E-state index in [1.807, 2.05) is 49.2 Å². The van der Waals surface area contributed by atoms with Gasteiger partial charge in [0.2, 0.25) is 0 Å². The molecule has 0 aromatic rings. The van der Waals surface area contributed by atoms with Crippen LogP contribution in [0.5, 0.6) is 0 Å². The summed E-state index contributed by atoms with van der Waals surface area (Å²) in [6.07, 6.45) is 5.45.